The summed E-state index contributed by atoms with van der Waals surface area (Å²) < 4.78 is 0.976. The fourth-order valence-electron chi connectivity index (χ4n) is 0.776. The molecule has 0 bridgehead atoms. The lowest BCUT2D eigenvalue weighted by Gasteiger charge is -1.97. The van der Waals surface area contributed by atoms with Crippen molar-refractivity contribution in [3.8, 4) is 11.8 Å². The van der Waals surface area contributed by atoms with E-state index in [1.807, 2.05) is 18.2 Å². The van der Waals surface area contributed by atoms with E-state index in [1.165, 1.54) is 0 Å². The minimum absolute atomic E-state index is 0.669. The molecule has 0 saturated carbocycles. The van der Waals surface area contributed by atoms with Gasteiger partial charge >= 0.3 is 0 Å². The van der Waals surface area contributed by atoms with Crippen molar-refractivity contribution < 1.29 is 0 Å². The molecule has 0 aliphatic rings. The Hall–Kier alpha value is -0.460. The number of hydrogen-bond donors (Lipinski definition) is 1. The summed E-state index contributed by atoms with van der Waals surface area (Å²) in [6.45, 7) is 0. The van der Waals surface area contributed by atoms with Crippen LogP contribution in [-0.4, -0.2) is 5.33 Å². The molecular formula is C9H7Br2N. The molecule has 2 N–H and O–H groups in total. The van der Waals surface area contributed by atoms with E-state index < -0.39 is 0 Å². The summed E-state index contributed by atoms with van der Waals surface area (Å²) >= 11 is 6.55. The fourth-order valence-corrected chi connectivity index (χ4v) is 1.30. The molecule has 0 heterocycles. The van der Waals surface area contributed by atoms with Crippen LogP contribution in [0.2, 0.25) is 0 Å². The zero-order valence-electron chi connectivity index (χ0n) is 6.27. The van der Waals surface area contributed by atoms with Gasteiger partial charge in [0.05, 0.1) is 5.33 Å². The Labute approximate surface area is 88.6 Å². The molecule has 12 heavy (non-hydrogen) atoms. The fraction of sp³-hybridized carbons (Fsp3) is 0.111. The van der Waals surface area contributed by atoms with Gasteiger partial charge < -0.3 is 5.73 Å². The first-order chi connectivity index (χ1) is 5.74. The van der Waals surface area contributed by atoms with Crippen LogP contribution >= 0.6 is 31.9 Å². The summed E-state index contributed by atoms with van der Waals surface area (Å²) in [5, 5.41) is 0.669. The normalized spacial score (nSPS) is 8.83. The monoisotopic (exact) mass is 287 g/mol. The minimum Gasteiger partial charge on any atom is -0.398 e. The summed E-state index contributed by atoms with van der Waals surface area (Å²) in [4.78, 5) is 0. The lowest BCUT2D eigenvalue weighted by atomic mass is 10.2. The Balaban J connectivity index is 3.01. The van der Waals surface area contributed by atoms with Crippen LogP contribution in [0.1, 0.15) is 5.56 Å². The average Bonchev–Trinajstić information content (AvgIpc) is 2.03. The second-order valence-electron chi connectivity index (χ2n) is 2.17. The number of rotatable bonds is 0. The summed E-state index contributed by atoms with van der Waals surface area (Å²) in [5.74, 6) is 5.84. The van der Waals surface area contributed by atoms with Gasteiger partial charge in [-0.2, -0.15) is 0 Å². The second kappa shape index (κ2) is 4.54. The first kappa shape index (κ1) is 9.63. The number of nitrogens with two attached hydrogens (primary N) is 1. The number of alkyl halides is 1. The molecule has 1 aromatic rings. The summed E-state index contributed by atoms with van der Waals surface area (Å²) in [6.07, 6.45) is 0. The Bertz CT molecular complexity index is 336. The van der Waals surface area contributed by atoms with Crippen LogP contribution in [0.15, 0.2) is 22.7 Å². The number of halogens is 2. The topological polar surface area (TPSA) is 26.0 Å². The van der Waals surface area contributed by atoms with Crippen LogP contribution in [0.3, 0.4) is 0 Å². The standard InChI is InChI=1S/C9H7Br2N/c10-5-1-2-7-3-4-8(11)6-9(7)12/h3-4,6H,5,12H2. The maximum absolute atomic E-state index is 5.71. The first-order valence-electron chi connectivity index (χ1n) is 3.34. The third kappa shape index (κ3) is 2.54. The van der Waals surface area contributed by atoms with Crippen molar-refractivity contribution in [2.45, 2.75) is 0 Å². The van der Waals surface area contributed by atoms with E-state index >= 15 is 0 Å². The molecule has 0 fully saturated rings. The average molecular weight is 289 g/mol. The molecule has 1 rings (SSSR count). The van der Waals surface area contributed by atoms with Crippen LogP contribution < -0.4 is 5.73 Å². The van der Waals surface area contributed by atoms with Gasteiger partial charge in [-0.05, 0) is 18.2 Å². The molecule has 0 radical (unpaired) electrons. The summed E-state index contributed by atoms with van der Waals surface area (Å²) in [5.41, 5.74) is 7.29. The molecule has 0 unspecified atom stereocenters. The molecule has 3 heteroatoms. The third-order valence-electron chi connectivity index (χ3n) is 1.30. The molecule has 1 nitrogen and oxygen atoms in total. The van der Waals surface area contributed by atoms with Crippen LogP contribution in [0.4, 0.5) is 5.69 Å². The molecule has 0 saturated heterocycles. The SMILES string of the molecule is Nc1cc(Br)ccc1C#CCBr. The van der Waals surface area contributed by atoms with E-state index in [9.17, 15) is 0 Å². The lowest BCUT2D eigenvalue weighted by molar-refractivity contribution is 1.59. The summed E-state index contributed by atoms with van der Waals surface area (Å²) in [7, 11) is 0. The second-order valence-corrected chi connectivity index (χ2v) is 3.64. The van der Waals surface area contributed by atoms with Crippen LogP contribution in [-0.2, 0) is 0 Å². The zero-order valence-corrected chi connectivity index (χ0v) is 9.44. The molecule has 0 amide bonds. The first-order valence-corrected chi connectivity index (χ1v) is 5.25. The minimum atomic E-state index is 0.669. The van der Waals surface area contributed by atoms with Crippen molar-refractivity contribution in [1.82, 2.24) is 0 Å². The number of anilines is 1. The third-order valence-corrected chi connectivity index (χ3v) is 2.08. The van der Waals surface area contributed by atoms with E-state index in [4.69, 9.17) is 5.73 Å². The van der Waals surface area contributed by atoms with E-state index in [0.717, 1.165) is 10.0 Å². The molecule has 0 aliphatic heterocycles. The highest BCUT2D eigenvalue weighted by molar-refractivity contribution is 9.10. The molecular weight excluding hydrogens is 282 g/mol. The number of nitrogen functional groups attached to an aromatic ring is 1. The zero-order chi connectivity index (χ0) is 8.97. The van der Waals surface area contributed by atoms with Crippen molar-refractivity contribution in [3.63, 3.8) is 0 Å². The van der Waals surface area contributed by atoms with Crippen LogP contribution in [0.25, 0.3) is 0 Å². The van der Waals surface area contributed by atoms with Gasteiger partial charge in [-0.15, -0.1) is 0 Å². The van der Waals surface area contributed by atoms with Gasteiger partial charge in [0, 0.05) is 15.7 Å². The van der Waals surface area contributed by atoms with Gasteiger partial charge in [0.1, 0.15) is 0 Å². The molecule has 62 valence electrons. The van der Waals surface area contributed by atoms with Crippen molar-refractivity contribution in [1.29, 1.82) is 0 Å². The maximum Gasteiger partial charge on any atom is 0.0649 e. The smallest absolute Gasteiger partial charge is 0.0649 e. The van der Waals surface area contributed by atoms with Gasteiger partial charge in [-0.3, -0.25) is 0 Å². The highest BCUT2D eigenvalue weighted by atomic mass is 79.9. The molecule has 0 spiro atoms. The highest BCUT2D eigenvalue weighted by Gasteiger charge is 1.94. The Kier molecular flexibility index (Phi) is 3.64. The van der Waals surface area contributed by atoms with Gasteiger partial charge in [0.2, 0.25) is 0 Å². The molecule has 0 aliphatic carbocycles. The Morgan fingerprint density at radius 3 is 2.75 bits per heavy atom. The molecule has 0 atom stereocenters. The van der Waals surface area contributed by atoms with Gasteiger partial charge in [0.25, 0.3) is 0 Å². The van der Waals surface area contributed by atoms with Gasteiger partial charge in [-0.25, -0.2) is 0 Å². The quantitative estimate of drug-likeness (QED) is 0.443. The predicted octanol–water partition coefficient (Wildman–Crippen LogP) is 2.78. The highest BCUT2D eigenvalue weighted by Crippen LogP contribution is 2.17. The van der Waals surface area contributed by atoms with E-state index in [0.29, 0.717) is 11.0 Å². The molecule has 1 aromatic carbocycles. The van der Waals surface area contributed by atoms with Gasteiger partial charge in [-0.1, -0.05) is 43.7 Å². The van der Waals surface area contributed by atoms with Crippen molar-refractivity contribution in [2.24, 2.45) is 0 Å². The predicted molar refractivity (Wildman–Crippen MR) is 59.2 cm³/mol. The van der Waals surface area contributed by atoms with E-state index in [2.05, 4.69) is 43.7 Å². The Morgan fingerprint density at radius 1 is 1.42 bits per heavy atom. The Morgan fingerprint density at radius 2 is 2.17 bits per heavy atom. The van der Waals surface area contributed by atoms with Crippen molar-refractivity contribution in [2.75, 3.05) is 11.1 Å². The lowest BCUT2D eigenvalue weighted by Crippen LogP contribution is -1.89. The summed E-state index contributed by atoms with van der Waals surface area (Å²) in [6, 6.07) is 5.67. The molecule has 0 aromatic heterocycles. The van der Waals surface area contributed by atoms with Crippen LogP contribution in [0.5, 0.6) is 0 Å². The maximum atomic E-state index is 5.71. The van der Waals surface area contributed by atoms with Gasteiger partial charge in [0.15, 0.2) is 0 Å². The van der Waals surface area contributed by atoms with E-state index in [1.54, 1.807) is 0 Å². The van der Waals surface area contributed by atoms with Crippen molar-refractivity contribution >= 4 is 37.5 Å². The van der Waals surface area contributed by atoms with Crippen molar-refractivity contribution in [3.05, 3.63) is 28.2 Å². The number of hydrogen-bond acceptors (Lipinski definition) is 1. The largest absolute Gasteiger partial charge is 0.398 e. The van der Waals surface area contributed by atoms with Crippen LogP contribution in [0, 0.1) is 11.8 Å². The number of benzene rings is 1. The van der Waals surface area contributed by atoms with E-state index in [-0.39, 0.29) is 0 Å².